The van der Waals surface area contributed by atoms with Crippen LogP contribution in [-0.4, -0.2) is 25.2 Å². The van der Waals surface area contributed by atoms with E-state index in [0.717, 1.165) is 0 Å². The molecule has 1 atom stereocenters. The van der Waals surface area contributed by atoms with Crippen molar-refractivity contribution in [3.8, 4) is 0 Å². The van der Waals surface area contributed by atoms with Crippen molar-refractivity contribution in [3.05, 3.63) is 0 Å². The molecule has 0 aromatic heterocycles. The molecule has 68 valence electrons. The first kappa shape index (κ1) is 9.03. The van der Waals surface area contributed by atoms with Gasteiger partial charge in [-0.1, -0.05) is 0 Å². The normalized spacial score (nSPS) is 28.3. The van der Waals surface area contributed by atoms with E-state index in [0.29, 0.717) is 19.6 Å². The molecule has 1 aliphatic rings. The minimum absolute atomic E-state index is 0.293. The summed E-state index contributed by atoms with van der Waals surface area (Å²) in [4.78, 5) is 22.3. The molecule has 12 heavy (non-hydrogen) atoms. The summed E-state index contributed by atoms with van der Waals surface area (Å²) in [6.45, 7) is 3.87. The summed E-state index contributed by atoms with van der Waals surface area (Å²) < 4.78 is 9.46. The highest BCUT2D eigenvalue weighted by atomic mass is 16.6. The van der Waals surface area contributed by atoms with Crippen molar-refractivity contribution in [2.75, 3.05) is 13.2 Å². The van der Waals surface area contributed by atoms with Crippen LogP contribution in [0.25, 0.3) is 0 Å². The van der Waals surface area contributed by atoms with Crippen LogP contribution in [0.4, 0.5) is 0 Å². The summed E-state index contributed by atoms with van der Waals surface area (Å²) >= 11 is 0. The molecule has 0 bridgehead atoms. The molecule has 1 saturated heterocycles. The molecule has 4 heteroatoms. The maximum absolute atomic E-state index is 11.3. The van der Waals surface area contributed by atoms with Crippen molar-refractivity contribution in [3.63, 3.8) is 0 Å². The van der Waals surface area contributed by atoms with E-state index >= 15 is 0 Å². The Hall–Kier alpha value is -1.06. The van der Waals surface area contributed by atoms with Gasteiger partial charge in [-0.15, -0.1) is 0 Å². The zero-order valence-electron chi connectivity index (χ0n) is 7.25. The first-order valence-corrected chi connectivity index (χ1v) is 3.95. The maximum atomic E-state index is 11.3. The summed E-state index contributed by atoms with van der Waals surface area (Å²) in [5, 5.41) is 0. The SMILES string of the molecule is CCOC(=O)[C@]1(C)CCOC1=O. The third-order valence-electron chi connectivity index (χ3n) is 2.01. The van der Waals surface area contributed by atoms with Gasteiger partial charge in [0.05, 0.1) is 13.2 Å². The van der Waals surface area contributed by atoms with Crippen molar-refractivity contribution >= 4 is 11.9 Å². The molecule has 0 amide bonds. The molecule has 4 nitrogen and oxygen atoms in total. The van der Waals surface area contributed by atoms with Gasteiger partial charge in [0.15, 0.2) is 5.41 Å². The average molecular weight is 172 g/mol. The number of ether oxygens (including phenoxy) is 2. The van der Waals surface area contributed by atoms with E-state index in [2.05, 4.69) is 0 Å². The lowest BCUT2D eigenvalue weighted by molar-refractivity contribution is -0.163. The van der Waals surface area contributed by atoms with Crippen molar-refractivity contribution < 1.29 is 19.1 Å². The van der Waals surface area contributed by atoms with E-state index in [1.54, 1.807) is 13.8 Å². The smallest absolute Gasteiger partial charge is 0.323 e. The van der Waals surface area contributed by atoms with Gasteiger partial charge in [-0.25, -0.2) is 0 Å². The maximum Gasteiger partial charge on any atom is 0.323 e. The number of cyclic esters (lactones) is 1. The van der Waals surface area contributed by atoms with Crippen LogP contribution in [0.15, 0.2) is 0 Å². The van der Waals surface area contributed by atoms with E-state index in [4.69, 9.17) is 9.47 Å². The van der Waals surface area contributed by atoms with Crippen molar-refractivity contribution in [2.45, 2.75) is 20.3 Å². The molecule has 1 heterocycles. The molecule has 0 aromatic rings. The van der Waals surface area contributed by atoms with Crippen LogP contribution in [0.1, 0.15) is 20.3 Å². The van der Waals surface area contributed by atoms with Gasteiger partial charge in [-0.3, -0.25) is 9.59 Å². The minimum atomic E-state index is -1.06. The molecule has 0 aliphatic carbocycles. The molecule has 1 rings (SSSR count). The molecule has 0 radical (unpaired) electrons. The Labute approximate surface area is 70.8 Å². The second-order valence-corrected chi connectivity index (χ2v) is 2.94. The van der Waals surface area contributed by atoms with Gasteiger partial charge < -0.3 is 9.47 Å². The number of esters is 2. The minimum Gasteiger partial charge on any atom is -0.465 e. The molecular weight excluding hydrogens is 160 g/mol. The van der Waals surface area contributed by atoms with Gasteiger partial charge in [0.2, 0.25) is 0 Å². The summed E-state index contributed by atoms with van der Waals surface area (Å²) in [5.41, 5.74) is -1.06. The van der Waals surface area contributed by atoms with Gasteiger partial charge in [-0.05, 0) is 13.8 Å². The van der Waals surface area contributed by atoms with Crippen LogP contribution >= 0.6 is 0 Å². The Bertz CT molecular complexity index is 211. The van der Waals surface area contributed by atoms with Crippen molar-refractivity contribution in [1.29, 1.82) is 0 Å². The fourth-order valence-corrected chi connectivity index (χ4v) is 1.08. The van der Waals surface area contributed by atoms with Crippen LogP contribution in [0, 0.1) is 5.41 Å². The van der Waals surface area contributed by atoms with E-state index in [1.165, 1.54) is 0 Å². The number of rotatable bonds is 2. The fourth-order valence-electron chi connectivity index (χ4n) is 1.08. The Morgan fingerprint density at radius 1 is 1.75 bits per heavy atom. The zero-order valence-corrected chi connectivity index (χ0v) is 7.25. The second kappa shape index (κ2) is 3.13. The molecule has 1 aliphatic heterocycles. The molecular formula is C8H12O4. The third-order valence-corrected chi connectivity index (χ3v) is 2.01. The Balaban J connectivity index is 2.70. The lowest BCUT2D eigenvalue weighted by Gasteiger charge is -2.15. The Morgan fingerprint density at radius 2 is 2.42 bits per heavy atom. The topological polar surface area (TPSA) is 52.6 Å². The zero-order chi connectivity index (χ0) is 9.19. The van der Waals surface area contributed by atoms with Crippen LogP contribution in [0.3, 0.4) is 0 Å². The summed E-state index contributed by atoms with van der Waals surface area (Å²) in [6.07, 6.45) is 0.421. The molecule has 0 aromatic carbocycles. The van der Waals surface area contributed by atoms with E-state index < -0.39 is 17.4 Å². The highest BCUT2D eigenvalue weighted by Crippen LogP contribution is 2.30. The summed E-state index contributed by atoms with van der Waals surface area (Å²) in [5.74, 6) is -0.951. The van der Waals surface area contributed by atoms with Gasteiger partial charge in [0.25, 0.3) is 0 Å². The quantitative estimate of drug-likeness (QED) is 0.449. The molecule has 0 saturated carbocycles. The highest BCUT2D eigenvalue weighted by molar-refractivity contribution is 6.00. The van der Waals surface area contributed by atoms with Crippen molar-refractivity contribution in [1.82, 2.24) is 0 Å². The van der Waals surface area contributed by atoms with Crippen LogP contribution in [0.5, 0.6) is 0 Å². The second-order valence-electron chi connectivity index (χ2n) is 2.94. The first-order chi connectivity index (χ1) is 5.61. The number of carbonyl (C=O) groups is 2. The summed E-state index contributed by atoms with van der Waals surface area (Å²) in [7, 11) is 0. The van der Waals surface area contributed by atoms with E-state index in [-0.39, 0.29) is 0 Å². The number of carbonyl (C=O) groups excluding carboxylic acids is 2. The molecule has 0 unspecified atom stereocenters. The predicted molar refractivity (Wildman–Crippen MR) is 40.3 cm³/mol. The predicted octanol–water partition coefficient (Wildman–Crippen LogP) is 0.503. The number of hydrogen-bond donors (Lipinski definition) is 0. The van der Waals surface area contributed by atoms with E-state index in [9.17, 15) is 9.59 Å². The monoisotopic (exact) mass is 172 g/mol. The Morgan fingerprint density at radius 3 is 2.83 bits per heavy atom. The average Bonchev–Trinajstić information content (AvgIpc) is 2.34. The van der Waals surface area contributed by atoms with E-state index in [1.807, 2.05) is 0 Å². The Kier molecular flexibility index (Phi) is 2.35. The lowest BCUT2D eigenvalue weighted by Crippen LogP contribution is -2.34. The number of hydrogen-bond acceptors (Lipinski definition) is 4. The van der Waals surface area contributed by atoms with Crippen molar-refractivity contribution in [2.24, 2.45) is 5.41 Å². The van der Waals surface area contributed by atoms with Gasteiger partial charge in [0.1, 0.15) is 0 Å². The largest absolute Gasteiger partial charge is 0.465 e. The van der Waals surface area contributed by atoms with Crippen LogP contribution < -0.4 is 0 Å². The summed E-state index contributed by atoms with van der Waals surface area (Å²) in [6, 6.07) is 0. The van der Waals surface area contributed by atoms with Gasteiger partial charge in [-0.2, -0.15) is 0 Å². The third kappa shape index (κ3) is 1.29. The first-order valence-electron chi connectivity index (χ1n) is 3.95. The highest BCUT2D eigenvalue weighted by Gasteiger charge is 2.48. The van der Waals surface area contributed by atoms with Crippen LogP contribution in [-0.2, 0) is 19.1 Å². The van der Waals surface area contributed by atoms with Crippen LogP contribution in [0.2, 0.25) is 0 Å². The fraction of sp³-hybridized carbons (Fsp3) is 0.750. The standard InChI is InChI=1S/C8H12O4/c1-3-11-6(9)8(2)4-5-12-7(8)10/h3-5H2,1-2H3/t8-/m0/s1. The lowest BCUT2D eigenvalue weighted by atomic mass is 9.89. The molecule has 0 N–H and O–H groups in total. The molecule has 1 fully saturated rings. The van der Waals surface area contributed by atoms with Gasteiger partial charge >= 0.3 is 11.9 Å². The van der Waals surface area contributed by atoms with Gasteiger partial charge in [0, 0.05) is 6.42 Å². The molecule has 0 spiro atoms.